The van der Waals surface area contributed by atoms with E-state index < -0.39 is 8.32 Å². The Bertz CT molecular complexity index is 1920. The largest absolute Gasteiger partial charge is 0.496 e. The van der Waals surface area contributed by atoms with Crippen LogP contribution in [0.2, 0.25) is 18.1 Å². The Morgan fingerprint density at radius 1 is 0.885 bits per heavy atom. The van der Waals surface area contributed by atoms with Gasteiger partial charge >= 0.3 is 0 Å². The maximum Gasteiger partial charge on any atom is 0.267 e. The first-order valence-electron chi connectivity index (χ1n) is 18.2. The third-order valence-electron chi connectivity index (χ3n) is 10.2. The minimum absolute atomic E-state index is 0.0318. The smallest absolute Gasteiger partial charge is 0.267 e. The molecule has 0 unspecified atom stereocenters. The zero-order chi connectivity index (χ0) is 37.3. The van der Waals surface area contributed by atoms with Gasteiger partial charge in [0.15, 0.2) is 8.32 Å². The van der Waals surface area contributed by atoms with E-state index in [2.05, 4.69) is 80.7 Å². The number of H-pyrrole nitrogens is 1. The van der Waals surface area contributed by atoms with Crippen LogP contribution in [0.1, 0.15) is 78.5 Å². The van der Waals surface area contributed by atoms with E-state index in [1.807, 2.05) is 72.8 Å². The summed E-state index contributed by atoms with van der Waals surface area (Å²) in [6.45, 7) is 14.8. The van der Waals surface area contributed by atoms with Crippen molar-refractivity contribution in [1.82, 2.24) is 15.6 Å². The lowest BCUT2D eigenvalue weighted by Crippen LogP contribution is -2.44. The molecule has 1 aromatic heterocycles. The van der Waals surface area contributed by atoms with Crippen molar-refractivity contribution >= 4 is 25.1 Å². The molecule has 0 saturated carbocycles. The Hall–Kier alpha value is -4.41. The van der Waals surface area contributed by atoms with Crippen molar-refractivity contribution in [3.05, 3.63) is 131 Å². The topological polar surface area (TPSA) is 105 Å². The van der Waals surface area contributed by atoms with Gasteiger partial charge in [0, 0.05) is 41.2 Å². The van der Waals surface area contributed by atoms with Gasteiger partial charge in [-0.15, -0.1) is 0 Å². The van der Waals surface area contributed by atoms with E-state index in [1.54, 1.807) is 7.11 Å². The fourth-order valence-corrected chi connectivity index (χ4v) is 7.31. The maximum absolute atomic E-state index is 13.1. The molecule has 1 heterocycles. The van der Waals surface area contributed by atoms with Gasteiger partial charge in [0.2, 0.25) is 0 Å². The van der Waals surface area contributed by atoms with E-state index in [0.29, 0.717) is 31.1 Å². The average Bonchev–Trinajstić information content (AvgIpc) is 3.58. The molecule has 0 fully saturated rings. The van der Waals surface area contributed by atoms with Crippen molar-refractivity contribution in [1.29, 1.82) is 0 Å². The molecule has 4 N–H and O–H groups in total. The van der Waals surface area contributed by atoms with Crippen molar-refractivity contribution in [3.8, 4) is 11.5 Å². The summed E-state index contributed by atoms with van der Waals surface area (Å²) in [5, 5.41) is 18.2. The molecule has 0 aliphatic heterocycles. The summed E-state index contributed by atoms with van der Waals surface area (Å²) >= 11 is 0. The number of hydrogen-bond donors (Lipinski definition) is 4. The van der Waals surface area contributed by atoms with E-state index in [4.69, 9.17) is 13.9 Å². The Balaban J connectivity index is 1.27. The van der Waals surface area contributed by atoms with E-state index in [9.17, 15) is 9.90 Å². The number of benzene rings is 4. The lowest BCUT2D eigenvalue weighted by Gasteiger charge is -2.40. The first kappa shape index (κ1) is 38.8. The van der Waals surface area contributed by atoms with Crippen LogP contribution in [-0.2, 0) is 30.6 Å². The predicted molar refractivity (Wildman–Crippen MR) is 212 cm³/mol. The fraction of sp³-hybridized carbons (Fsp3) is 0.372. The maximum atomic E-state index is 13.1. The first-order chi connectivity index (χ1) is 24.9. The number of aliphatic hydroxyl groups is 1. The van der Waals surface area contributed by atoms with Gasteiger partial charge in [0.05, 0.1) is 19.8 Å². The Kier molecular flexibility index (Phi) is 13.0. The Morgan fingerprint density at radius 3 is 2.35 bits per heavy atom. The van der Waals surface area contributed by atoms with Crippen molar-refractivity contribution < 1.29 is 23.8 Å². The fourth-order valence-electron chi connectivity index (χ4n) is 6.03. The molecule has 5 rings (SSSR count). The lowest BCUT2D eigenvalue weighted by molar-refractivity contribution is 0.0946. The van der Waals surface area contributed by atoms with Gasteiger partial charge in [-0.25, -0.2) is 0 Å². The van der Waals surface area contributed by atoms with Gasteiger partial charge in [-0.05, 0) is 84.1 Å². The second kappa shape index (κ2) is 17.4. The molecule has 8 nitrogen and oxygen atoms in total. The molecular formula is C43H55N3O5Si. The number of fused-ring (bicyclic) bond motifs is 1. The quantitative estimate of drug-likeness (QED) is 0.0716. The number of aliphatic hydroxyl groups excluding tert-OH is 1. The molecule has 2 atom stereocenters. The van der Waals surface area contributed by atoms with E-state index in [1.165, 1.54) is 5.56 Å². The lowest BCUT2D eigenvalue weighted by atomic mass is 10.0. The molecule has 0 saturated heterocycles. The van der Waals surface area contributed by atoms with Crippen LogP contribution < -0.4 is 20.1 Å². The minimum atomic E-state index is -2.15. The van der Waals surface area contributed by atoms with Gasteiger partial charge in [0.1, 0.15) is 23.8 Å². The van der Waals surface area contributed by atoms with E-state index in [0.717, 1.165) is 51.7 Å². The number of carbonyl (C=O) groups excluding carboxylic acids is 1. The van der Waals surface area contributed by atoms with E-state index >= 15 is 0 Å². The highest BCUT2D eigenvalue weighted by Crippen LogP contribution is 2.40. The van der Waals surface area contributed by atoms with Crippen LogP contribution in [0.4, 0.5) is 0 Å². The number of nitrogens with one attached hydrogen (secondary N) is 3. The highest BCUT2D eigenvalue weighted by molar-refractivity contribution is 6.74. The van der Waals surface area contributed by atoms with Gasteiger partial charge in [-0.3, -0.25) is 4.79 Å². The molecule has 1 amide bonds. The Morgan fingerprint density at radius 2 is 1.63 bits per heavy atom. The highest BCUT2D eigenvalue weighted by Gasteiger charge is 2.39. The predicted octanol–water partition coefficient (Wildman–Crippen LogP) is 8.85. The molecule has 0 aliphatic rings. The summed E-state index contributed by atoms with van der Waals surface area (Å²) in [5.74, 6) is 1.26. The second-order valence-electron chi connectivity index (χ2n) is 15.0. The van der Waals surface area contributed by atoms with Gasteiger partial charge in [-0.2, -0.15) is 0 Å². The highest BCUT2D eigenvalue weighted by atomic mass is 28.4. The SMILES string of the molecule is CC[C@H](Cc1ccc2[nH]c(C(=O)NCc3ccccc3OC)cc2c1)NC[C@H](O[Si](C)(C)C(C)(C)C)c1ccc(OCc2ccccc2)c(CO)c1. The number of ether oxygens (including phenoxy) is 2. The number of carbonyl (C=O) groups is 1. The molecule has 0 radical (unpaired) electrons. The monoisotopic (exact) mass is 721 g/mol. The standard InChI is InChI=1S/C43H55N3O5Si/c1-8-36(23-31-18-20-37-34(22-31)25-38(46-37)42(48)45-26-33-16-12-13-17-39(33)49-5)44-27-41(51-52(6,7)43(2,3)4)32-19-21-40(35(24-32)28-47)50-29-30-14-10-9-11-15-30/h9-22,24-25,36,41,44,46-47H,8,23,26-29H2,1-7H3,(H,45,48)/t36-,41+/m1/s1. The van der Waals surface area contributed by atoms with Crippen LogP contribution in [0.5, 0.6) is 11.5 Å². The van der Waals surface area contributed by atoms with Crippen LogP contribution in [0, 0.1) is 0 Å². The minimum Gasteiger partial charge on any atom is -0.496 e. The normalized spacial score (nSPS) is 13.2. The number of hydrogen-bond acceptors (Lipinski definition) is 6. The number of methoxy groups -OCH3 is 1. The second-order valence-corrected chi connectivity index (χ2v) is 19.7. The number of para-hydroxylation sites is 1. The average molecular weight is 722 g/mol. The molecule has 0 bridgehead atoms. The van der Waals surface area contributed by atoms with Gasteiger partial charge < -0.3 is 34.6 Å². The van der Waals surface area contributed by atoms with Crippen LogP contribution >= 0.6 is 0 Å². The first-order valence-corrected chi connectivity index (χ1v) is 21.1. The molecule has 4 aromatic carbocycles. The van der Waals surface area contributed by atoms with Crippen molar-refractivity contribution in [2.24, 2.45) is 0 Å². The van der Waals surface area contributed by atoms with E-state index in [-0.39, 0.29) is 29.7 Å². The van der Waals surface area contributed by atoms with Crippen LogP contribution in [0.25, 0.3) is 10.9 Å². The summed E-state index contributed by atoms with van der Waals surface area (Å²) < 4.78 is 18.6. The summed E-state index contributed by atoms with van der Waals surface area (Å²) in [4.78, 5) is 16.3. The summed E-state index contributed by atoms with van der Waals surface area (Å²) in [6, 6.07) is 32.3. The van der Waals surface area contributed by atoms with Gasteiger partial charge in [0.25, 0.3) is 5.91 Å². The van der Waals surface area contributed by atoms with Crippen molar-refractivity contribution in [2.45, 2.75) is 90.6 Å². The third-order valence-corrected chi connectivity index (χ3v) is 14.7. The molecule has 0 spiro atoms. The van der Waals surface area contributed by atoms with Crippen molar-refractivity contribution in [2.75, 3.05) is 13.7 Å². The molecule has 9 heteroatoms. The number of amides is 1. The summed E-state index contributed by atoms with van der Waals surface area (Å²) in [5.41, 5.74) is 6.40. The third kappa shape index (κ3) is 9.92. The number of aromatic nitrogens is 1. The van der Waals surface area contributed by atoms with Crippen LogP contribution in [0.3, 0.4) is 0 Å². The molecule has 5 aromatic rings. The zero-order valence-corrected chi connectivity index (χ0v) is 32.7. The summed E-state index contributed by atoms with van der Waals surface area (Å²) in [7, 11) is -0.521. The molecule has 52 heavy (non-hydrogen) atoms. The molecule has 0 aliphatic carbocycles. The Labute approximate surface area is 310 Å². The number of rotatable bonds is 17. The van der Waals surface area contributed by atoms with Gasteiger partial charge in [-0.1, -0.05) is 88.4 Å². The summed E-state index contributed by atoms with van der Waals surface area (Å²) in [6.07, 6.45) is 1.56. The number of aromatic amines is 1. The van der Waals surface area contributed by atoms with Crippen LogP contribution in [-0.4, -0.2) is 44.0 Å². The molecule has 276 valence electrons. The zero-order valence-electron chi connectivity index (χ0n) is 31.7. The van der Waals surface area contributed by atoms with Crippen molar-refractivity contribution in [3.63, 3.8) is 0 Å². The van der Waals surface area contributed by atoms with Crippen LogP contribution in [0.15, 0.2) is 97.1 Å². The molecular weight excluding hydrogens is 667 g/mol.